The number of primary amides is 1. The second-order valence-electron chi connectivity index (χ2n) is 8.10. The molecule has 1 aromatic carbocycles. The van der Waals surface area contributed by atoms with Gasteiger partial charge in [0.15, 0.2) is 0 Å². The lowest BCUT2D eigenvalue weighted by Gasteiger charge is -2.12. The Labute approximate surface area is 202 Å². The maximum Gasteiger partial charge on any atom is 0.412 e. The molecule has 3 rings (SSSR count). The van der Waals surface area contributed by atoms with Crippen LogP contribution in [-0.4, -0.2) is 61.1 Å². The van der Waals surface area contributed by atoms with Crippen LogP contribution in [0.3, 0.4) is 0 Å². The van der Waals surface area contributed by atoms with Crippen LogP contribution in [0.2, 0.25) is 0 Å². The maximum atomic E-state index is 11.9. The average Bonchev–Trinajstić information content (AvgIpc) is 3.50. The van der Waals surface area contributed by atoms with Crippen LogP contribution in [0.1, 0.15) is 42.5 Å². The van der Waals surface area contributed by atoms with Gasteiger partial charge in [-0.1, -0.05) is 37.0 Å². The molecular formula is C23H32N4O6S. The molecule has 186 valence electrons. The summed E-state index contributed by atoms with van der Waals surface area (Å²) < 4.78 is 16.3. The molecule has 1 heterocycles. The van der Waals surface area contributed by atoms with Gasteiger partial charge in [-0.2, -0.15) is 0 Å². The summed E-state index contributed by atoms with van der Waals surface area (Å²) in [6.45, 7) is 1.70. The summed E-state index contributed by atoms with van der Waals surface area (Å²) in [5.74, 6) is 0.815. The van der Waals surface area contributed by atoms with Crippen LogP contribution in [0.25, 0.3) is 0 Å². The zero-order valence-corrected chi connectivity index (χ0v) is 19.9. The fourth-order valence-electron chi connectivity index (χ4n) is 3.59. The SMILES string of the molecule is NC(=O)c1ccc(OCCNCC(O)COc2ncc(NC(=O)OCCC3CCCC3)s2)cc1. The van der Waals surface area contributed by atoms with Crippen LogP contribution in [0.15, 0.2) is 30.5 Å². The number of carbonyl (C=O) groups is 2. The summed E-state index contributed by atoms with van der Waals surface area (Å²) in [7, 11) is 0. The van der Waals surface area contributed by atoms with Gasteiger partial charge in [-0.3, -0.25) is 10.1 Å². The highest BCUT2D eigenvalue weighted by molar-refractivity contribution is 7.17. The standard InChI is InChI=1S/C23H32N4O6S/c24-21(29)17-5-7-19(8-6-17)31-12-10-25-13-18(28)15-33-23-26-14-20(34-23)27-22(30)32-11-9-16-3-1-2-4-16/h5-8,14,16,18,25,28H,1-4,9-13,15H2,(H2,24,29)(H,27,30). The zero-order valence-electron chi connectivity index (χ0n) is 19.0. The minimum atomic E-state index is -0.740. The van der Waals surface area contributed by atoms with E-state index >= 15 is 0 Å². The molecule has 0 aliphatic heterocycles. The van der Waals surface area contributed by atoms with Gasteiger partial charge in [0.2, 0.25) is 5.91 Å². The number of aliphatic hydroxyl groups excluding tert-OH is 1. The lowest BCUT2D eigenvalue weighted by molar-refractivity contribution is 0.1000. The summed E-state index contributed by atoms with van der Waals surface area (Å²) in [4.78, 5) is 27.0. The number of nitrogens with one attached hydrogen (secondary N) is 2. The molecule has 2 aromatic rings. The monoisotopic (exact) mass is 492 g/mol. The van der Waals surface area contributed by atoms with Crippen molar-refractivity contribution >= 4 is 28.3 Å². The molecular weight excluding hydrogens is 460 g/mol. The summed E-state index contributed by atoms with van der Waals surface area (Å²) >= 11 is 1.17. The van der Waals surface area contributed by atoms with Crippen LogP contribution >= 0.6 is 11.3 Å². The number of hydrogen-bond acceptors (Lipinski definition) is 9. The molecule has 5 N–H and O–H groups in total. The number of ether oxygens (including phenoxy) is 3. The highest BCUT2D eigenvalue weighted by Gasteiger charge is 2.16. The highest BCUT2D eigenvalue weighted by Crippen LogP contribution is 2.28. The van der Waals surface area contributed by atoms with Crippen molar-refractivity contribution in [3.63, 3.8) is 0 Å². The lowest BCUT2D eigenvalue weighted by atomic mass is 10.1. The molecule has 0 spiro atoms. The Morgan fingerprint density at radius 3 is 2.68 bits per heavy atom. The molecule has 0 radical (unpaired) electrons. The Bertz CT molecular complexity index is 901. The van der Waals surface area contributed by atoms with Gasteiger partial charge in [0.25, 0.3) is 5.19 Å². The number of hydrogen-bond donors (Lipinski definition) is 4. The fourth-order valence-corrected chi connectivity index (χ4v) is 4.25. The third-order valence-electron chi connectivity index (χ3n) is 5.41. The molecule has 0 saturated heterocycles. The number of aromatic nitrogens is 1. The largest absolute Gasteiger partial charge is 0.492 e. The Kier molecular flexibility index (Phi) is 10.4. The molecule has 1 unspecified atom stereocenters. The predicted molar refractivity (Wildman–Crippen MR) is 128 cm³/mol. The smallest absolute Gasteiger partial charge is 0.412 e. The van der Waals surface area contributed by atoms with Crippen molar-refractivity contribution in [1.82, 2.24) is 10.3 Å². The van der Waals surface area contributed by atoms with Crippen LogP contribution in [0.4, 0.5) is 9.80 Å². The number of anilines is 1. The third-order valence-corrected chi connectivity index (χ3v) is 6.23. The van der Waals surface area contributed by atoms with Crippen molar-refractivity contribution < 1.29 is 28.9 Å². The number of aliphatic hydroxyl groups is 1. The molecule has 1 aliphatic rings. The van der Waals surface area contributed by atoms with E-state index in [1.807, 2.05) is 0 Å². The second kappa shape index (κ2) is 13.7. The van der Waals surface area contributed by atoms with E-state index < -0.39 is 18.1 Å². The van der Waals surface area contributed by atoms with E-state index in [9.17, 15) is 14.7 Å². The van der Waals surface area contributed by atoms with Gasteiger partial charge in [0.05, 0.1) is 12.8 Å². The Morgan fingerprint density at radius 2 is 1.94 bits per heavy atom. The van der Waals surface area contributed by atoms with E-state index in [0.717, 1.165) is 6.42 Å². The number of nitrogens with zero attached hydrogens (tertiary/aromatic N) is 1. The first-order valence-electron chi connectivity index (χ1n) is 11.4. The normalized spacial score (nSPS) is 14.5. The van der Waals surface area contributed by atoms with Gasteiger partial charge >= 0.3 is 6.09 Å². The molecule has 2 amide bonds. The van der Waals surface area contributed by atoms with Crippen LogP contribution in [0.5, 0.6) is 10.9 Å². The quantitative estimate of drug-likeness (QED) is 0.295. The lowest BCUT2D eigenvalue weighted by Crippen LogP contribution is -2.33. The maximum absolute atomic E-state index is 11.9. The molecule has 1 atom stereocenters. The van der Waals surface area contributed by atoms with Crippen molar-refractivity contribution in [3.8, 4) is 10.9 Å². The summed E-state index contributed by atoms with van der Waals surface area (Å²) in [6, 6.07) is 6.56. The van der Waals surface area contributed by atoms with Crippen molar-refractivity contribution in [3.05, 3.63) is 36.0 Å². The summed E-state index contributed by atoms with van der Waals surface area (Å²) in [5, 5.41) is 16.7. The van der Waals surface area contributed by atoms with E-state index in [-0.39, 0.29) is 6.61 Å². The van der Waals surface area contributed by atoms with Crippen molar-refractivity contribution in [2.45, 2.75) is 38.2 Å². The third kappa shape index (κ3) is 9.16. The Morgan fingerprint density at radius 1 is 1.18 bits per heavy atom. The number of carbonyl (C=O) groups excluding carboxylic acids is 2. The number of nitrogens with two attached hydrogens (primary N) is 1. The summed E-state index contributed by atoms with van der Waals surface area (Å²) in [5.41, 5.74) is 5.62. The van der Waals surface area contributed by atoms with Crippen LogP contribution in [-0.2, 0) is 4.74 Å². The van der Waals surface area contributed by atoms with Gasteiger partial charge < -0.3 is 30.4 Å². The molecule has 10 nitrogen and oxygen atoms in total. The van der Waals surface area contributed by atoms with Gasteiger partial charge in [0.1, 0.15) is 30.1 Å². The minimum Gasteiger partial charge on any atom is -0.492 e. The zero-order chi connectivity index (χ0) is 24.2. The van der Waals surface area contributed by atoms with E-state index in [4.69, 9.17) is 19.9 Å². The molecule has 34 heavy (non-hydrogen) atoms. The summed E-state index contributed by atoms with van der Waals surface area (Å²) in [6.07, 6.45) is 6.17. The highest BCUT2D eigenvalue weighted by atomic mass is 32.1. The Balaban J connectivity index is 1.23. The number of benzene rings is 1. The van der Waals surface area contributed by atoms with E-state index in [0.29, 0.717) is 53.7 Å². The molecule has 11 heteroatoms. The van der Waals surface area contributed by atoms with Gasteiger partial charge in [-0.15, -0.1) is 0 Å². The topological polar surface area (TPSA) is 145 Å². The molecule has 1 aliphatic carbocycles. The molecule has 1 aromatic heterocycles. The molecule has 0 bridgehead atoms. The van der Waals surface area contributed by atoms with Crippen molar-refractivity contribution in [2.75, 3.05) is 38.2 Å². The van der Waals surface area contributed by atoms with Crippen molar-refractivity contribution in [2.24, 2.45) is 11.7 Å². The minimum absolute atomic E-state index is 0.0568. The van der Waals surface area contributed by atoms with E-state index in [1.165, 1.54) is 43.2 Å². The number of rotatable bonds is 14. The van der Waals surface area contributed by atoms with Gasteiger partial charge in [0, 0.05) is 18.7 Å². The first-order valence-corrected chi connectivity index (χ1v) is 12.2. The first kappa shape index (κ1) is 25.7. The second-order valence-corrected chi connectivity index (χ2v) is 9.09. The number of amides is 2. The first-order chi connectivity index (χ1) is 16.5. The van der Waals surface area contributed by atoms with E-state index in [1.54, 1.807) is 24.3 Å². The molecule has 1 saturated carbocycles. The molecule has 1 fully saturated rings. The Hall–Kier alpha value is -2.89. The van der Waals surface area contributed by atoms with Gasteiger partial charge in [-0.25, -0.2) is 9.78 Å². The average molecular weight is 493 g/mol. The van der Waals surface area contributed by atoms with Gasteiger partial charge in [-0.05, 0) is 36.6 Å². The van der Waals surface area contributed by atoms with Crippen molar-refractivity contribution in [1.29, 1.82) is 0 Å². The van der Waals surface area contributed by atoms with E-state index in [2.05, 4.69) is 15.6 Å². The fraction of sp³-hybridized carbons (Fsp3) is 0.522. The van der Waals surface area contributed by atoms with Crippen LogP contribution < -0.4 is 25.8 Å². The predicted octanol–water partition coefficient (Wildman–Crippen LogP) is 2.78. The van der Waals surface area contributed by atoms with Crippen LogP contribution in [0, 0.1) is 5.92 Å². The number of thiazole rings is 1.